The Balaban J connectivity index is 2.10. The van der Waals surface area contributed by atoms with Crippen molar-refractivity contribution in [1.82, 2.24) is 14.5 Å². The van der Waals surface area contributed by atoms with Gasteiger partial charge in [-0.25, -0.2) is 4.98 Å². The first-order chi connectivity index (χ1) is 10.7. The zero-order chi connectivity index (χ0) is 15.8. The average Bonchev–Trinajstić information content (AvgIpc) is 2.95. The molecule has 0 atom stereocenters. The van der Waals surface area contributed by atoms with E-state index >= 15 is 0 Å². The molecular formula is C17H21N3O2. The van der Waals surface area contributed by atoms with Crippen molar-refractivity contribution in [2.45, 2.75) is 13.1 Å². The number of carbonyl (C=O) groups excluding carboxylic acids is 1. The van der Waals surface area contributed by atoms with Gasteiger partial charge in [-0.3, -0.25) is 4.79 Å². The summed E-state index contributed by atoms with van der Waals surface area (Å²) in [5, 5.41) is 0. The van der Waals surface area contributed by atoms with Crippen molar-refractivity contribution in [2.75, 3.05) is 20.3 Å². The highest BCUT2D eigenvalue weighted by atomic mass is 16.5. The van der Waals surface area contributed by atoms with E-state index in [1.165, 1.54) is 12.7 Å². The summed E-state index contributed by atoms with van der Waals surface area (Å²) >= 11 is 0. The largest absolute Gasteiger partial charge is 0.375 e. The molecule has 2 rings (SSSR count). The van der Waals surface area contributed by atoms with Crippen LogP contribution in [0.25, 0.3) is 0 Å². The lowest BCUT2D eigenvalue weighted by Crippen LogP contribution is -2.34. The fourth-order valence-corrected chi connectivity index (χ4v) is 2.21. The van der Waals surface area contributed by atoms with E-state index in [2.05, 4.69) is 23.7 Å². The lowest BCUT2D eigenvalue weighted by molar-refractivity contribution is -0.135. The normalized spacial score (nSPS) is 10.4. The monoisotopic (exact) mass is 299 g/mol. The van der Waals surface area contributed by atoms with E-state index in [-0.39, 0.29) is 12.5 Å². The molecule has 0 aliphatic carbocycles. The summed E-state index contributed by atoms with van der Waals surface area (Å²) in [4.78, 5) is 18.1. The Morgan fingerprint density at radius 2 is 2.18 bits per heavy atom. The zero-order valence-electron chi connectivity index (χ0n) is 12.8. The summed E-state index contributed by atoms with van der Waals surface area (Å²) in [6.45, 7) is 5.41. The number of carbonyl (C=O) groups is 1. The van der Waals surface area contributed by atoms with Crippen LogP contribution in [0.5, 0.6) is 0 Å². The van der Waals surface area contributed by atoms with Crippen LogP contribution in [0.1, 0.15) is 11.4 Å². The standard InChI is InChI=1S/C17H21N3O2/c1-3-10-20(17(21)14-22-2)13-16-18-9-11-19(16)12-15-7-5-4-6-8-15/h3-9,11H,1,10,12-14H2,2H3. The quantitative estimate of drug-likeness (QED) is 0.701. The van der Waals surface area contributed by atoms with Crippen molar-refractivity contribution in [3.05, 3.63) is 66.8 Å². The number of ether oxygens (including phenoxy) is 1. The van der Waals surface area contributed by atoms with E-state index in [4.69, 9.17) is 4.74 Å². The molecule has 0 bridgehead atoms. The number of hydrogen-bond acceptors (Lipinski definition) is 3. The second-order valence-electron chi connectivity index (χ2n) is 4.95. The fourth-order valence-electron chi connectivity index (χ4n) is 2.21. The predicted octanol–water partition coefficient (Wildman–Crippen LogP) is 2.09. The van der Waals surface area contributed by atoms with E-state index in [1.807, 2.05) is 29.0 Å². The smallest absolute Gasteiger partial charge is 0.249 e. The predicted molar refractivity (Wildman–Crippen MR) is 85.3 cm³/mol. The number of imidazole rings is 1. The molecule has 0 N–H and O–H groups in total. The highest BCUT2D eigenvalue weighted by molar-refractivity contribution is 5.77. The van der Waals surface area contributed by atoms with Crippen molar-refractivity contribution < 1.29 is 9.53 Å². The molecule has 0 radical (unpaired) electrons. The Kier molecular flexibility index (Phi) is 5.91. The minimum Gasteiger partial charge on any atom is -0.375 e. The van der Waals surface area contributed by atoms with E-state index in [0.717, 1.165) is 12.4 Å². The van der Waals surface area contributed by atoms with Crippen molar-refractivity contribution in [2.24, 2.45) is 0 Å². The van der Waals surface area contributed by atoms with Gasteiger partial charge < -0.3 is 14.2 Å². The van der Waals surface area contributed by atoms with Gasteiger partial charge >= 0.3 is 0 Å². The van der Waals surface area contributed by atoms with Gasteiger partial charge in [0.1, 0.15) is 12.4 Å². The molecule has 0 saturated heterocycles. The van der Waals surface area contributed by atoms with Gasteiger partial charge in [0.05, 0.1) is 6.54 Å². The van der Waals surface area contributed by atoms with E-state index in [1.54, 1.807) is 17.2 Å². The van der Waals surface area contributed by atoms with Crippen LogP contribution in [-0.2, 0) is 22.6 Å². The Hall–Kier alpha value is -2.40. The minimum atomic E-state index is -0.0725. The molecule has 0 fully saturated rings. The van der Waals surface area contributed by atoms with Crippen molar-refractivity contribution in [3.8, 4) is 0 Å². The maximum atomic E-state index is 12.0. The molecule has 2 aromatic rings. The highest BCUT2D eigenvalue weighted by Crippen LogP contribution is 2.08. The number of nitrogens with zero attached hydrogens (tertiary/aromatic N) is 3. The topological polar surface area (TPSA) is 47.4 Å². The first-order valence-corrected chi connectivity index (χ1v) is 7.16. The molecule has 0 aliphatic heterocycles. The average molecular weight is 299 g/mol. The molecule has 0 unspecified atom stereocenters. The lowest BCUT2D eigenvalue weighted by atomic mass is 10.2. The second-order valence-corrected chi connectivity index (χ2v) is 4.95. The third-order valence-electron chi connectivity index (χ3n) is 3.30. The highest BCUT2D eigenvalue weighted by Gasteiger charge is 2.15. The molecule has 1 heterocycles. The number of amides is 1. The van der Waals surface area contributed by atoms with Gasteiger partial charge in [-0.05, 0) is 5.56 Å². The van der Waals surface area contributed by atoms with E-state index in [0.29, 0.717) is 13.1 Å². The van der Waals surface area contributed by atoms with Gasteiger partial charge in [0.2, 0.25) is 5.91 Å². The molecule has 22 heavy (non-hydrogen) atoms. The summed E-state index contributed by atoms with van der Waals surface area (Å²) in [6.07, 6.45) is 5.39. The van der Waals surface area contributed by atoms with Gasteiger partial charge in [-0.1, -0.05) is 36.4 Å². The molecule has 116 valence electrons. The number of aromatic nitrogens is 2. The molecule has 5 nitrogen and oxygen atoms in total. The van der Waals surface area contributed by atoms with Crippen LogP contribution < -0.4 is 0 Å². The summed E-state index contributed by atoms with van der Waals surface area (Å²) in [7, 11) is 1.51. The van der Waals surface area contributed by atoms with Crippen LogP contribution in [0.4, 0.5) is 0 Å². The molecule has 1 aromatic carbocycles. The summed E-state index contributed by atoms with van der Waals surface area (Å²) < 4.78 is 6.97. The summed E-state index contributed by atoms with van der Waals surface area (Å²) in [6, 6.07) is 10.2. The van der Waals surface area contributed by atoms with E-state index in [9.17, 15) is 4.79 Å². The minimum absolute atomic E-state index is 0.0627. The van der Waals surface area contributed by atoms with Crippen molar-refractivity contribution in [3.63, 3.8) is 0 Å². The number of benzene rings is 1. The van der Waals surface area contributed by atoms with Crippen molar-refractivity contribution >= 4 is 5.91 Å². The molecule has 0 spiro atoms. The van der Waals surface area contributed by atoms with Gasteiger partial charge in [-0.2, -0.15) is 0 Å². The second kappa shape index (κ2) is 8.14. The molecule has 0 aliphatic rings. The first kappa shape index (κ1) is 16.0. The SMILES string of the molecule is C=CCN(Cc1nccn1Cc1ccccc1)C(=O)COC. The first-order valence-electron chi connectivity index (χ1n) is 7.16. The van der Waals surface area contributed by atoms with Crippen LogP contribution in [-0.4, -0.2) is 40.6 Å². The number of hydrogen-bond donors (Lipinski definition) is 0. The summed E-state index contributed by atoms with van der Waals surface area (Å²) in [5.74, 6) is 0.770. The summed E-state index contributed by atoms with van der Waals surface area (Å²) in [5.41, 5.74) is 1.19. The van der Waals surface area contributed by atoms with Crippen LogP contribution in [0.2, 0.25) is 0 Å². The molecule has 1 aromatic heterocycles. The fraction of sp³-hybridized carbons (Fsp3) is 0.294. The number of rotatable bonds is 8. The molecule has 1 amide bonds. The Labute approximate surface area is 130 Å². The van der Waals surface area contributed by atoms with Gasteiger partial charge in [0.15, 0.2) is 0 Å². The van der Waals surface area contributed by atoms with Gasteiger partial charge in [0.25, 0.3) is 0 Å². The third kappa shape index (κ3) is 4.30. The third-order valence-corrected chi connectivity index (χ3v) is 3.30. The molecule has 5 heteroatoms. The number of methoxy groups -OCH3 is 1. The van der Waals surface area contributed by atoms with Crippen LogP contribution in [0.3, 0.4) is 0 Å². The maximum Gasteiger partial charge on any atom is 0.249 e. The van der Waals surface area contributed by atoms with Crippen LogP contribution in [0, 0.1) is 0 Å². The zero-order valence-corrected chi connectivity index (χ0v) is 12.8. The maximum absolute atomic E-state index is 12.0. The Morgan fingerprint density at radius 3 is 2.86 bits per heavy atom. The molecule has 0 saturated carbocycles. The van der Waals surface area contributed by atoms with E-state index < -0.39 is 0 Å². The molecular weight excluding hydrogens is 278 g/mol. The lowest BCUT2D eigenvalue weighted by Gasteiger charge is -2.21. The Morgan fingerprint density at radius 1 is 1.41 bits per heavy atom. The van der Waals surface area contributed by atoms with Crippen LogP contribution >= 0.6 is 0 Å². The van der Waals surface area contributed by atoms with Gasteiger partial charge in [-0.15, -0.1) is 6.58 Å². The Bertz CT molecular complexity index is 607. The van der Waals surface area contributed by atoms with Crippen LogP contribution in [0.15, 0.2) is 55.4 Å². The van der Waals surface area contributed by atoms with Gasteiger partial charge in [0, 0.05) is 32.6 Å². The van der Waals surface area contributed by atoms with Crippen molar-refractivity contribution in [1.29, 1.82) is 0 Å².